The lowest BCUT2D eigenvalue weighted by Crippen LogP contribution is -2.44. The van der Waals surface area contributed by atoms with Crippen LogP contribution in [0, 0.1) is 5.82 Å². The molecule has 9 nitrogen and oxygen atoms in total. The number of amides is 1. The Morgan fingerprint density at radius 3 is 2.49 bits per heavy atom. The van der Waals surface area contributed by atoms with Crippen molar-refractivity contribution in [3.8, 4) is 17.1 Å². The molecular formula is C31H28ClFN4O5S. The van der Waals surface area contributed by atoms with Gasteiger partial charge in [-0.2, -0.15) is 0 Å². The lowest BCUT2D eigenvalue weighted by molar-refractivity contribution is 0.0985. The van der Waals surface area contributed by atoms with Gasteiger partial charge in [0.15, 0.2) is 15.7 Å². The van der Waals surface area contributed by atoms with E-state index in [9.17, 15) is 17.6 Å². The minimum Gasteiger partial charge on any atom is -0.410 e. The van der Waals surface area contributed by atoms with E-state index in [1.165, 1.54) is 6.07 Å². The van der Waals surface area contributed by atoms with Crippen molar-refractivity contribution >= 4 is 39.0 Å². The fourth-order valence-electron chi connectivity index (χ4n) is 5.10. The molecule has 4 aromatic rings. The Morgan fingerprint density at radius 2 is 1.81 bits per heavy atom. The van der Waals surface area contributed by atoms with Crippen molar-refractivity contribution in [2.24, 2.45) is 0 Å². The maximum absolute atomic E-state index is 13.9. The van der Waals surface area contributed by atoms with Gasteiger partial charge in [-0.05, 0) is 74.4 Å². The van der Waals surface area contributed by atoms with Crippen LogP contribution in [0.3, 0.4) is 0 Å². The number of aromatic nitrogens is 2. The van der Waals surface area contributed by atoms with Crippen molar-refractivity contribution in [3.63, 3.8) is 0 Å². The number of carbonyl (C=O) groups is 1. The number of hydrogen-bond donors (Lipinski definition) is 1. The zero-order valence-electron chi connectivity index (χ0n) is 23.2. The molecule has 1 N–H and O–H groups in total. The SMILES string of the molecule is C[C@H]1COCCN1c1cc(C2(S(=O)(=O)c3ccc(F)c(Cl)c3)CC2)nc(-c2ccc(NC(=O)Oc3ccccc3)cc2)n1. The van der Waals surface area contributed by atoms with Crippen molar-refractivity contribution in [2.75, 3.05) is 30.0 Å². The summed E-state index contributed by atoms with van der Waals surface area (Å²) >= 11 is 5.95. The van der Waals surface area contributed by atoms with Gasteiger partial charge in [0.05, 0.1) is 34.9 Å². The van der Waals surface area contributed by atoms with Gasteiger partial charge in [-0.1, -0.05) is 29.8 Å². The number of anilines is 2. The first-order valence-corrected chi connectivity index (χ1v) is 15.6. The van der Waals surface area contributed by atoms with Gasteiger partial charge < -0.3 is 14.4 Å². The topological polar surface area (TPSA) is 111 Å². The van der Waals surface area contributed by atoms with Crippen molar-refractivity contribution in [3.05, 3.63) is 95.4 Å². The van der Waals surface area contributed by atoms with Crippen LogP contribution in [0.4, 0.5) is 20.7 Å². The summed E-state index contributed by atoms with van der Waals surface area (Å²) in [7, 11) is -3.97. The first-order chi connectivity index (χ1) is 20.7. The van der Waals surface area contributed by atoms with Crippen LogP contribution in [0.25, 0.3) is 11.4 Å². The van der Waals surface area contributed by atoms with E-state index in [1.807, 2.05) is 13.0 Å². The molecule has 2 fully saturated rings. The Labute approximate surface area is 253 Å². The zero-order chi connectivity index (χ0) is 30.2. The molecule has 0 spiro atoms. The molecule has 1 atom stereocenters. The van der Waals surface area contributed by atoms with E-state index in [1.54, 1.807) is 54.6 Å². The van der Waals surface area contributed by atoms with Crippen LogP contribution in [-0.2, 0) is 19.3 Å². The van der Waals surface area contributed by atoms with Crippen LogP contribution >= 0.6 is 11.6 Å². The first-order valence-electron chi connectivity index (χ1n) is 13.7. The van der Waals surface area contributed by atoms with E-state index in [-0.39, 0.29) is 16.0 Å². The number of carbonyl (C=O) groups excluding carboxylic acids is 1. The summed E-state index contributed by atoms with van der Waals surface area (Å²) in [5, 5.41) is 2.43. The predicted octanol–water partition coefficient (Wildman–Crippen LogP) is 6.24. The highest BCUT2D eigenvalue weighted by Gasteiger charge is 2.58. The Bertz CT molecular complexity index is 1770. The molecule has 1 saturated heterocycles. The number of para-hydroxylation sites is 1. The van der Waals surface area contributed by atoms with Crippen molar-refractivity contribution in [1.82, 2.24) is 9.97 Å². The second kappa shape index (κ2) is 11.6. The molecule has 0 bridgehead atoms. The molecule has 2 aliphatic rings. The number of nitrogens with one attached hydrogen (secondary N) is 1. The van der Waals surface area contributed by atoms with Crippen molar-refractivity contribution in [1.29, 1.82) is 0 Å². The second-order valence-electron chi connectivity index (χ2n) is 10.5. The molecule has 1 saturated carbocycles. The maximum Gasteiger partial charge on any atom is 0.417 e. The summed E-state index contributed by atoms with van der Waals surface area (Å²) in [4.78, 5) is 24.0. The molecule has 0 unspecified atom stereocenters. The Morgan fingerprint density at radius 1 is 1.07 bits per heavy atom. The molecule has 1 aliphatic heterocycles. The van der Waals surface area contributed by atoms with Gasteiger partial charge in [-0.15, -0.1) is 0 Å². The third kappa shape index (κ3) is 5.80. The number of sulfone groups is 1. The summed E-state index contributed by atoms with van der Waals surface area (Å²) in [5.41, 5.74) is 1.49. The molecule has 0 radical (unpaired) electrons. The molecule has 1 aromatic heterocycles. The Hall–Kier alpha value is -4.06. The average Bonchev–Trinajstić information content (AvgIpc) is 3.82. The van der Waals surface area contributed by atoms with Crippen LogP contribution in [0.15, 0.2) is 83.8 Å². The Kier molecular flexibility index (Phi) is 7.80. The monoisotopic (exact) mass is 622 g/mol. The highest BCUT2D eigenvalue weighted by molar-refractivity contribution is 7.92. The number of benzene rings is 3. The normalized spacial score (nSPS) is 17.7. The van der Waals surface area contributed by atoms with Gasteiger partial charge in [0.25, 0.3) is 0 Å². The summed E-state index contributed by atoms with van der Waals surface area (Å²) in [6, 6.07) is 20.8. The Balaban J connectivity index is 1.34. The largest absolute Gasteiger partial charge is 0.417 e. The summed E-state index contributed by atoms with van der Waals surface area (Å²) in [6.45, 7) is 3.61. The lowest BCUT2D eigenvalue weighted by atomic mass is 10.1. The number of nitrogens with zero attached hydrogens (tertiary/aromatic N) is 3. The predicted molar refractivity (Wildman–Crippen MR) is 161 cm³/mol. The summed E-state index contributed by atoms with van der Waals surface area (Å²) < 4.78 is 51.3. The van der Waals surface area contributed by atoms with E-state index in [2.05, 4.69) is 10.2 Å². The fraction of sp³-hybridized carbons (Fsp3) is 0.258. The molecule has 12 heteroatoms. The number of hydrogen-bond acceptors (Lipinski definition) is 8. The number of halogens is 2. The van der Waals surface area contributed by atoms with Gasteiger partial charge in [0, 0.05) is 23.9 Å². The standard InChI is InChI=1S/C31H28ClFN4O5S/c1-20-19-41-16-15-37(20)28-18-27(31(13-14-31)43(39,40)24-11-12-26(33)25(32)17-24)35-29(36-28)21-7-9-22(10-8-21)34-30(38)42-23-5-3-2-4-6-23/h2-12,17-18,20H,13-16,19H2,1H3,(H,34,38)/t20-/m0/s1. The van der Waals surface area contributed by atoms with E-state index < -0.39 is 26.5 Å². The van der Waals surface area contributed by atoms with Gasteiger partial charge in [-0.3, -0.25) is 5.32 Å². The molecule has 2 heterocycles. The van der Waals surface area contributed by atoms with Gasteiger partial charge >= 0.3 is 6.09 Å². The van der Waals surface area contributed by atoms with Crippen molar-refractivity contribution < 1.29 is 27.1 Å². The smallest absolute Gasteiger partial charge is 0.410 e. The van der Waals surface area contributed by atoms with Crippen LogP contribution in [0.1, 0.15) is 25.5 Å². The number of ether oxygens (including phenoxy) is 2. The lowest BCUT2D eigenvalue weighted by Gasteiger charge is -2.34. The minimum atomic E-state index is -3.97. The van der Waals surface area contributed by atoms with E-state index >= 15 is 0 Å². The maximum atomic E-state index is 13.9. The molecule has 3 aromatic carbocycles. The highest BCUT2D eigenvalue weighted by Crippen LogP contribution is 2.55. The molecule has 6 rings (SSSR count). The molecule has 1 amide bonds. The van der Waals surface area contributed by atoms with E-state index in [4.69, 9.17) is 31.0 Å². The zero-order valence-corrected chi connectivity index (χ0v) is 24.7. The van der Waals surface area contributed by atoms with Gasteiger partial charge in [-0.25, -0.2) is 27.6 Å². The third-order valence-electron chi connectivity index (χ3n) is 7.60. The van der Waals surface area contributed by atoms with Gasteiger partial charge in [0.2, 0.25) is 0 Å². The minimum absolute atomic E-state index is 0.00854. The summed E-state index contributed by atoms with van der Waals surface area (Å²) in [5.74, 6) is 0.648. The number of rotatable bonds is 7. The van der Waals surface area contributed by atoms with Crippen LogP contribution in [0.5, 0.6) is 5.75 Å². The third-order valence-corrected chi connectivity index (χ3v) is 10.4. The molecule has 222 valence electrons. The average molecular weight is 623 g/mol. The first kappa shape index (κ1) is 29.0. The fourth-order valence-corrected chi connectivity index (χ4v) is 7.33. The summed E-state index contributed by atoms with van der Waals surface area (Å²) in [6.07, 6.45) is 0.0684. The number of morpholine rings is 1. The molecular weight excluding hydrogens is 595 g/mol. The van der Waals surface area contributed by atoms with E-state index in [0.717, 1.165) is 12.1 Å². The van der Waals surface area contributed by atoms with Crippen molar-refractivity contribution in [2.45, 2.75) is 35.4 Å². The van der Waals surface area contributed by atoms with Crippen LogP contribution in [-0.4, -0.2) is 50.3 Å². The highest BCUT2D eigenvalue weighted by atomic mass is 35.5. The van der Waals surface area contributed by atoms with Crippen LogP contribution < -0.4 is 15.0 Å². The van der Waals surface area contributed by atoms with Crippen LogP contribution in [0.2, 0.25) is 5.02 Å². The second-order valence-corrected chi connectivity index (χ2v) is 13.2. The molecule has 1 aliphatic carbocycles. The van der Waals surface area contributed by atoms with E-state index in [0.29, 0.717) is 66.9 Å². The van der Waals surface area contributed by atoms with Gasteiger partial charge in [0.1, 0.15) is 22.1 Å². The molecule has 43 heavy (non-hydrogen) atoms. The quantitative estimate of drug-likeness (QED) is 0.241.